The Morgan fingerprint density at radius 2 is 1.81 bits per heavy atom. The van der Waals surface area contributed by atoms with Crippen LogP contribution in [-0.2, 0) is 21.4 Å². The van der Waals surface area contributed by atoms with Crippen LogP contribution in [0.5, 0.6) is 0 Å². The number of aromatic nitrogens is 1. The number of hydrogen-bond donors (Lipinski definition) is 2. The number of carbonyl (C=O) groups excluding carboxylic acids is 2. The molecule has 4 aromatic rings. The van der Waals surface area contributed by atoms with E-state index < -0.39 is 10.0 Å². The lowest BCUT2D eigenvalue weighted by Gasteiger charge is -2.23. The van der Waals surface area contributed by atoms with E-state index in [0.29, 0.717) is 29.3 Å². The van der Waals surface area contributed by atoms with E-state index in [1.807, 2.05) is 18.2 Å². The van der Waals surface area contributed by atoms with Crippen LogP contribution in [0.2, 0.25) is 0 Å². The van der Waals surface area contributed by atoms with E-state index >= 15 is 0 Å². The minimum absolute atomic E-state index is 0.0360. The predicted octanol–water partition coefficient (Wildman–Crippen LogP) is 4.50. The number of anilines is 2. The fraction of sp³-hybridized carbons (Fsp3) is 0.115. The van der Waals surface area contributed by atoms with Gasteiger partial charge < -0.3 is 14.6 Å². The van der Waals surface area contributed by atoms with Gasteiger partial charge in [-0.05, 0) is 66.2 Å². The maximum Gasteiger partial charge on any atom is 0.263 e. The van der Waals surface area contributed by atoms with Crippen molar-refractivity contribution in [3.8, 4) is 0 Å². The van der Waals surface area contributed by atoms with Crippen LogP contribution in [-0.4, -0.2) is 35.9 Å². The van der Waals surface area contributed by atoms with Gasteiger partial charge in [0, 0.05) is 17.4 Å². The number of nitrogens with zero attached hydrogens (tertiary/aromatic N) is 2. The Morgan fingerprint density at radius 1 is 1.03 bits per heavy atom. The molecule has 1 atom stereocenters. The first-order chi connectivity index (χ1) is 17.9. The molecule has 188 valence electrons. The molecule has 1 fully saturated rings. The highest BCUT2D eigenvalue weighted by Crippen LogP contribution is 2.39. The zero-order valence-electron chi connectivity index (χ0n) is 19.4. The van der Waals surface area contributed by atoms with Gasteiger partial charge >= 0.3 is 0 Å². The summed E-state index contributed by atoms with van der Waals surface area (Å²) in [5.41, 5.74) is 1.80. The number of nitrogens with one attached hydrogen (secondary N) is 2. The van der Waals surface area contributed by atoms with Crippen LogP contribution >= 0.6 is 11.8 Å². The normalized spacial score (nSPS) is 15.5. The first kappa shape index (κ1) is 24.6. The SMILES string of the molecule is O=C(Nc1ccc(S(=O)(=O)Nc2ccccn2)cc1)c1ccc([C@H]2SCC(=O)N2Cc2ccco2)cc1. The van der Waals surface area contributed by atoms with Crippen LogP contribution in [0.25, 0.3) is 0 Å². The van der Waals surface area contributed by atoms with Crippen molar-refractivity contribution >= 4 is 45.1 Å². The third-order valence-electron chi connectivity index (χ3n) is 5.66. The fourth-order valence-corrected chi connectivity index (χ4v) is 6.01. The van der Waals surface area contributed by atoms with Crippen molar-refractivity contribution < 1.29 is 22.4 Å². The van der Waals surface area contributed by atoms with Crippen LogP contribution in [0.15, 0.2) is 101 Å². The van der Waals surface area contributed by atoms with E-state index in [1.165, 1.54) is 42.2 Å². The molecule has 0 radical (unpaired) electrons. The highest BCUT2D eigenvalue weighted by molar-refractivity contribution is 8.00. The number of furan rings is 1. The zero-order chi connectivity index (χ0) is 25.8. The van der Waals surface area contributed by atoms with Crippen LogP contribution in [0.4, 0.5) is 11.5 Å². The van der Waals surface area contributed by atoms with Crippen LogP contribution < -0.4 is 10.0 Å². The molecule has 1 aliphatic rings. The van der Waals surface area contributed by atoms with Gasteiger partial charge in [0.2, 0.25) is 5.91 Å². The molecule has 11 heteroatoms. The summed E-state index contributed by atoms with van der Waals surface area (Å²) in [4.78, 5) is 30.9. The molecule has 0 aliphatic carbocycles. The Bertz CT molecular complexity index is 1490. The maximum atomic E-state index is 12.8. The second-order valence-corrected chi connectivity index (χ2v) is 10.9. The second kappa shape index (κ2) is 10.5. The summed E-state index contributed by atoms with van der Waals surface area (Å²) in [6.07, 6.45) is 3.07. The first-order valence-corrected chi connectivity index (χ1v) is 13.8. The molecule has 0 spiro atoms. The Labute approximate surface area is 218 Å². The van der Waals surface area contributed by atoms with Gasteiger partial charge in [0.25, 0.3) is 15.9 Å². The summed E-state index contributed by atoms with van der Waals surface area (Å²) < 4.78 is 32.9. The average Bonchev–Trinajstić information content (AvgIpc) is 3.55. The lowest BCUT2D eigenvalue weighted by molar-refractivity contribution is -0.128. The number of rotatable bonds is 8. The van der Waals surface area contributed by atoms with Gasteiger partial charge in [-0.1, -0.05) is 18.2 Å². The van der Waals surface area contributed by atoms with E-state index in [2.05, 4.69) is 15.0 Å². The molecule has 0 saturated carbocycles. The quantitative estimate of drug-likeness (QED) is 0.341. The van der Waals surface area contributed by atoms with Gasteiger partial charge in [-0.25, -0.2) is 13.4 Å². The van der Waals surface area contributed by atoms with Gasteiger partial charge in [-0.3, -0.25) is 14.3 Å². The Hall–Kier alpha value is -4.09. The summed E-state index contributed by atoms with van der Waals surface area (Å²) in [6, 6.07) is 21.5. The Morgan fingerprint density at radius 3 is 2.49 bits per heavy atom. The summed E-state index contributed by atoms with van der Waals surface area (Å²) in [5, 5.41) is 2.61. The van der Waals surface area contributed by atoms with Crippen molar-refractivity contribution in [3.05, 3.63) is 108 Å². The molecular formula is C26H22N4O5S2. The van der Waals surface area contributed by atoms with Crippen molar-refractivity contribution in [2.24, 2.45) is 0 Å². The predicted molar refractivity (Wildman–Crippen MR) is 140 cm³/mol. The van der Waals surface area contributed by atoms with E-state index in [-0.39, 0.29) is 27.9 Å². The monoisotopic (exact) mass is 534 g/mol. The summed E-state index contributed by atoms with van der Waals surface area (Å²) in [5.74, 6) is 1.01. The van der Waals surface area contributed by atoms with Crippen molar-refractivity contribution in [2.75, 3.05) is 15.8 Å². The molecule has 2 amide bonds. The van der Waals surface area contributed by atoms with E-state index in [1.54, 1.807) is 47.6 Å². The minimum Gasteiger partial charge on any atom is -0.467 e. The lowest BCUT2D eigenvalue weighted by Crippen LogP contribution is -2.27. The largest absolute Gasteiger partial charge is 0.467 e. The zero-order valence-corrected chi connectivity index (χ0v) is 21.0. The highest BCUT2D eigenvalue weighted by Gasteiger charge is 2.33. The number of sulfonamides is 1. The second-order valence-electron chi connectivity index (χ2n) is 8.19. The van der Waals surface area contributed by atoms with Gasteiger partial charge in [-0.2, -0.15) is 0 Å². The number of thioether (sulfide) groups is 1. The fourth-order valence-electron chi connectivity index (χ4n) is 3.81. The first-order valence-electron chi connectivity index (χ1n) is 11.3. The van der Waals surface area contributed by atoms with E-state index in [4.69, 9.17) is 4.42 Å². The van der Waals surface area contributed by atoms with Crippen molar-refractivity contribution in [3.63, 3.8) is 0 Å². The van der Waals surface area contributed by atoms with Crippen molar-refractivity contribution in [2.45, 2.75) is 16.8 Å². The summed E-state index contributed by atoms with van der Waals surface area (Å²) in [7, 11) is -3.81. The molecule has 9 nitrogen and oxygen atoms in total. The standard InChI is InChI=1S/C26H22N4O5S2/c31-24-17-36-26(30(24)16-21-4-3-15-35-21)19-8-6-18(7-9-19)25(32)28-20-10-12-22(13-11-20)37(33,34)29-23-5-1-2-14-27-23/h1-15,26H,16-17H2,(H,27,29)(H,28,32)/t26-/m1/s1. The van der Waals surface area contributed by atoms with Crippen LogP contribution in [0, 0.1) is 0 Å². The summed E-state index contributed by atoms with van der Waals surface area (Å²) >= 11 is 1.53. The molecule has 2 aromatic carbocycles. The highest BCUT2D eigenvalue weighted by atomic mass is 32.2. The molecular weight excluding hydrogens is 512 g/mol. The molecule has 37 heavy (non-hydrogen) atoms. The molecule has 2 aromatic heterocycles. The van der Waals surface area contributed by atoms with Crippen LogP contribution in [0.3, 0.4) is 0 Å². The number of benzene rings is 2. The molecule has 1 aliphatic heterocycles. The van der Waals surface area contributed by atoms with Gasteiger partial charge in [-0.15, -0.1) is 11.8 Å². The molecule has 5 rings (SSSR count). The molecule has 3 heterocycles. The molecule has 0 bridgehead atoms. The Kier molecular flexibility index (Phi) is 6.97. The lowest BCUT2D eigenvalue weighted by atomic mass is 10.1. The number of hydrogen-bond acceptors (Lipinski definition) is 7. The molecule has 2 N–H and O–H groups in total. The van der Waals surface area contributed by atoms with Gasteiger partial charge in [0.1, 0.15) is 17.0 Å². The van der Waals surface area contributed by atoms with Crippen molar-refractivity contribution in [1.29, 1.82) is 0 Å². The van der Waals surface area contributed by atoms with Crippen molar-refractivity contribution in [1.82, 2.24) is 9.88 Å². The van der Waals surface area contributed by atoms with Gasteiger partial charge in [0.05, 0.1) is 23.5 Å². The average molecular weight is 535 g/mol. The maximum absolute atomic E-state index is 12.8. The minimum atomic E-state index is -3.81. The number of carbonyl (C=O) groups is 2. The van der Waals surface area contributed by atoms with Crippen LogP contribution in [0.1, 0.15) is 27.1 Å². The summed E-state index contributed by atoms with van der Waals surface area (Å²) in [6.45, 7) is 0.384. The third-order valence-corrected chi connectivity index (χ3v) is 8.29. The molecule has 0 unspecified atom stereocenters. The third kappa shape index (κ3) is 5.68. The Balaban J connectivity index is 1.23. The smallest absolute Gasteiger partial charge is 0.263 e. The number of amides is 2. The number of pyridine rings is 1. The molecule has 1 saturated heterocycles. The topological polar surface area (TPSA) is 122 Å². The van der Waals surface area contributed by atoms with Gasteiger partial charge in [0.15, 0.2) is 0 Å². The van der Waals surface area contributed by atoms with E-state index in [0.717, 1.165) is 5.56 Å². The van der Waals surface area contributed by atoms with E-state index in [9.17, 15) is 18.0 Å².